The Morgan fingerprint density at radius 2 is 2.24 bits per heavy atom. The molecular formula is C16H19N3O2. The van der Waals surface area contributed by atoms with Gasteiger partial charge in [-0.3, -0.25) is 9.69 Å². The molecule has 2 bridgehead atoms. The summed E-state index contributed by atoms with van der Waals surface area (Å²) in [6, 6.07) is 4.30. The van der Waals surface area contributed by atoms with E-state index in [1.807, 2.05) is 6.07 Å². The van der Waals surface area contributed by atoms with Crippen molar-refractivity contribution in [2.75, 3.05) is 13.1 Å². The Morgan fingerprint density at radius 3 is 3.00 bits per heavy atom. The number of pyridine rings is 1. The van der Waals surface area contributed by atoms with Gasteiger partial charge in [0.1, 0.15) is 5.69 Å². The molecule has 3 aliphatic heterocycles. The molecule has 21 heavy (non-hydrogen) atoms. The van der Waals surface area contributed by atoms with E-state index < -0.39 is 0 Å². The molecule has 0 spiro atoms. The maximum absolute atomic E-state index is 12.5. The van der Waals surface area contributed by atoms with E-state index >= 15 is 0 Å². The number of piperidine rings is 3. The van der Waals surface area contributed by atoms with Gasteiger partial charge in [0.05, 0.1) is 12.5 Å². The normalized spacial score (nSPS) is 31.5. The van der Waals surface area contributed by atoms with Gasteiger partial charge in [0.2, 0.25) is 0 Å². The van der Waals surface area contributed by atoms with Gasteiger partial charge in [-0.1, -0.05) is 0 Å². The Kier molecular flexibility index (Phi) is 2.96. The van der Waals surface area contributed by atoms with Crippen LogP contribution in [0.3, 0.4) is 0 Å². The Hall–Kier alpha value is -1.88. The molecule has 5 nitrogen and oxygen atoms in total. The van der Waals surface area contributed by atoms with Crippen molar-refractivity contribution in [2.24, 2.45) is 5.92 Å². The Morgan fingerprint density at radius 1 is 1.43 bits per heavy atom. The third-order valence-electron chi connectivity index (χ3n) is 5.05. The smallest absolute Gasteiger partial charge is 0.270 e. The van der Waals surface area contributed by atoms with E-state index in [1.165, 1.54) is 12.8 Å². The minimum Gasteiger partial charge on any atom is -0.463 e. The second-order valence-corrected chi connectivity index (χ2v) is 6.14. The number of amides is 1. The van der Waals surface area contributed by atoms with Gasteiger partial charge < -0.3 is 9.73 Å². The zero-order valence-corrected chi connectivity index (χ0v) is 12.1. The number of nitrogens with zero attached hydrogens (tertiary/aromatic N) is 2. The number of aromatic nitrogens is 1. The zero-order valence-electron chi connectivity index (χ0n) is 12.1. The molecule has 2 atom stereocenters. The van der Waals surface area contributed by atoms with Gasteiger partial charge in [-0.2, -0.15) is 0 Å². The zero-order chi connectivity index (χ0) is 14.4. The van der Waals surface area contributed by atoms with Gasteiger partial charge in [0, 0.05) is 17.5 Å². The number of hydrogen-bond acceptors (Lipinski definition) is 4. The molecule has 3 aliphatic rings. The summed E-state index contributed by atoms with van der Waals surface area (Å²) in [6.07, 6.45) is 5.60. The van der Waals surface area contributed by atoms with Crippen molar-refractivity contribution in [1.29, 1.82) is 0 Å². The highest BCUT2D eigenvalue weighted by Crippen LogP contribution is 2.32. The molecule has 1 amide bonds. The lowest BCUT2D eigenvalue weighted by atomic mass is 9.79. The second-order valence-electron chi connectivity index (χ2n) is 6.14. The van der Waals surface area contributed by atoms with Crippen LogP contribution < -0.4 is 5.32 Å². The summed E-state index contributed by atoms with van der Waals surface area (Å²) in [5.74, 6) is 0.523. The van der Waals surface area contributed by atoms with Crippen molar-refractivity contribution in [3.8, 4) is 0 Å². The van der Waals surface area contributed by atoms with Crippen molar-refractivity contribution in [3.63, 3.8) is 0 Å². The molecule has 3 fully saturated rings. The van der Waals surface area contributed by atoms with E-state index in [0.717, 1.165) is 18.5 Å². The van der Waals surface area contributed by atoms with Crippen LogP contribution in [0.5, 0.6) is 0 Å². The molecule has 110 valence electrons. The molecule has 2 aromatic rings. The summed E-state index contributed by atoms with van der Waals surface area (Å²) in [7, 11) is 0. The van der Waals surface area contributed by atoms with E-state index in [4.69, 9.17) is 4.42 Å². The maximum Gasteiger partial charge on any atom is 0.270 e. The van der Waals surface area contributed by atoms with Gasteiger partial charge in [-0.05, 0) is 50.9 Å². The molecule has 2 unspecified atom stereocenters. The predicted molar refractivity (Wildman–Crippen MR) is 79.0 cm³/mol. The summed E-state index contributed by atoms with van der Waals surface area (Å²) in [4.78, 5) is 19.2. The topological polar surface area (TPSA) is 58.4 Å². The molecule has 2 aromatic heterocycles. The number of carbonyl (C=O) groups is 1. The van der Waals surface area contributed by atoms with Crippen LogP contribution in [-0.4, -0.2) is 41.0 Å². The number of rotatable bonds is 2. The van der Waals surface area contributed by atoms with Crippen LogP contribution in [0.4, 0.5) is 0 Å². The van der Waals surface area contributed by atoms with Crippen LogP contribution in [-0.2, 0) is 0 Å². The molecule has 1 N–H and O–H groups in total. The van der Waals surface area contributed by atoms with Crippen LogP contribution >= 0.6 is 0 Å². The number of carbonyl (C=O) groups excluding carboxylic acids is 1. The summed E-state index contributed by atoms with van der Waals surface area (Å²) < 4.78 is 5.26. The summed E-state index contributed by atoms with van der Waals surface area (Å²) in [5, 5.41) is 4.11. The average Bonchev–Trinajstić information content (AvgIpc) is 2.98. The minimum atomic E-state index is -0.0799. The molecule has 0 aromatic carbocycles. The number of hydrogen-bond donors (Lipinski definition) is 1. The van der Waals surface area contributed by atoms with Crippen molar-refractivity contribution in [3.05, 3.63) is 30.3 Å². The maximum atomic E-state index is 12.5. The third kappa shape index (κ3) is 2.12. The molecule has 5 heterocycles. The highest BCUT2D eigenvalue weighted by Gasteiger charge is 2.40. The van der Waals surface area contributed by atoms with E-state index in [-0.39, 0.29) is 11.9 Å². The predicted octanol–water partition coefficient (Wildman–Crippen LogP) is 2.04. The Balaban J connectivity index is 1.54. The quantitative estimate of drug-likeness (QED) is 0.917. The van der Waals surface area contributed by atoms with E-state index in [1.54, 1.807) is 18.5 Å². The molecule has 5 rings (SSSR count). The Bertz CT molecular complexity index is 671. The largest absolute Gasteiger partial charge is 0.463 e. The Labute approximate surface area is 123 Å². The van der Waals surface area contributed by atoms with Gasteiger partial charge in [0.15, 0.2) is 5.58 Å². The van der Waals surface area contributed by atoms with Crippen LogP contribution in [0.25, 0.3) is 11.0 Å². The van der Waals surface area contributed by atoms with Gasteiger partial charge in [0.25, 0.3) is 5.91 Å². The first-order valence-electron chi connectivity index (χ1n) is 7.60. The summed E-state index contributed by atoms with van der Waals surface area (Å²) >= 11 is 0. The lowest BCUT2D eigenvalue weighted by Gasteiger charge is -2.49. The van der Waals surface area contributed by atoms with Crippen molar-refractivity contribution in [1.82, 2.24) is 15.2 Å². The first-order valence-corrected chi connectivity index (χ1v) is 7.60. The SMILES string of the molecule is CC1C(NC(=O)c2cc3ccoc3cn2)C2CCN1CC2. The lowest BCUT2D eigenvalue weighted by molar-refractivity contribution is 0.0216. The highest BCUT2D eigenvalue weighted by atomic mass is 16.3. The minimum absolute atomic E-state index is 0.0799. The van der Waals surface area contributed by atoms with Crippen molar-refractivity contribution in [2.45, 2.75) is 31.8 Å². The third-order valence-corrected chi connectivity index (χ3v) is 5.05. The summed E-state index contributed by atoms with van der Waals surface area (Å²) in [5.41, 5.74) is 1.18. The molecule has 0 radical (unpaired) electrons. The van der Waals surface area contributed by atoms with Crippen LogP contribution in [0.2, 0.25) is 0 Å². The molecule has 5 heteroatoms. The number of furan rings is 1. The highest BCUT2D eigenvalue weighted by molar-refractivity contribution is 5.95. The fourth-order valence-electron chi connectivity index (χ4n) is 3.76. The van der Waals surface area contributed by atoms with Gasteiger partial charge in [-0.25, -0.2) is 4.98 Å². The standard InChI is InChI=1S/C16H19N3O2/c1-10-15(11-2-5-19(10)6-3-11)18-16(20)13-8-12-4-7-21-14(12)9-17-13/h4,7-11,15H,2-3,5-6H2,1H3,(H,18,20). The molecule has 0 saturated carbocycles. The van der Waals surface area contributed by atoms with Crippen LogP contribution in [0.15, 0.2) is 29.0 Å². The number of fused-ring (bicyclic) bond motifs is 4. The van der Waals surface area contributed by atoms with Gasteiger partial charge >= 0.3 is 0 Å². The van der Waals surface area contributed by atoms with Crippen LogP contribution in [0, 0.1) is 5.92 Å². The second kappa shape index (κ2) is 4.84. The van der Waals surface area contributed by atoms with Crippen LogP contribution in [0.1, 0.15) is 30.3 Å². The first kappa shape index (κ1) is 12.8. The van der Waals surface area contributed by atoms with E-state index in [9.17, 15) is 4.79 Å². The molecule has 3 saturated heterocycles. The average molecular weight is 285 g/mol. The van der Waals surface area contributed by atoms with E-state index in [0.29, 0.717) is 23.2 Å². The van der Waals surface area contributed by atoms with Crippen molar-refractivity contribution >= 4 is 16.9 Å². The number of nitrogens with one attached hydrogen (secondary N) is 1. The first-order chi connectivity index (χ1) is 10.2. The van der Waals surface area contributed by atoms with Crippen molar-refractivity contribution < 1.29 is 9.21 Å². The van der Waals surface area contributed by atoms with E-state index in [2.05, 4.69) is 22.1 Å². The summed E-state index contributed by atoms with van der Waals surface area (Å²) in [6.45, 7) is 4.54. The fourth-order valence-corrected chi connectivity index (χ4v) is 3.76. The molecular weight excluding hydrogens is 266 g/mol. The molecule has 0 aliphatic carbocycles. The van der Waals surface area contributed by atoms with Gasteiger partial charge in [-0.15, -0.1) is 0 Å². The fraction of sp³-hybridized carbons (Fsp3) is 0.500. The lowest BCUT2D eigenvalue weighted by Crippen LogP contribution is -2.62. The monoisotopic (exact) mass is 285 g/mol.